The highest BCUT2D eigenvalue weighted by Crippen LogP contribution is 2.33. The average Bonchev–Trinajstić information content (AvgIpc) is 3.02. The molecule has 41 heavy (non-hydrogen) atoms. The predicted molar refractivity (Wildman–Crippen MR) is 160 cm³/mol. The Hall–Kier alpha value is -4.51. The first-order valence-corrected chi connectivity index (χ1v) is 14.3. The van der Waals surface area contributed by atoms with Crippen LogP contribution in [0.5, 0.6) is 0 Å². The van der Waals surface area contributed by atoms with Crippen molar-refractivity contribution in [3.8, 4) is 0 Å². The number of amides is 2. The van der Waals surface area contributed by atoms with Crippen LogP contribution >= 0.6 is 0 Å². The van der Waals surface area contributed by atoms with Gasteiger partial charge in [-0.15, -0.1) is 0 Å². The van der Waals surface area contributed by atoms with E-state index in [1.165, 1.54) is 0 Å². The minimum Gasteiger partial charge on any atom is -0.334 e. The van der Waals surface area contributed by atoms with Gasteiger partial charge in [-0.2, -0.15) is 0 Å². The van der Waals surface area contributed by atoms with Crippen molar-refractivity contribution >= 4 is 17.6 Å². The van der Waals surface area contributed by atoms with Gasteiger partial charge >= 0.3 is 0 Å². The second kappa shape index (κ2) is 13.7. The summed E-state index contributed by atoms with van der Waals surface area (Å²) in [5, 5.41) is 0. The molecule has 0 heterocycles. The Morgan fingerprint density at radius 2 is 0.829 bits per heavy atom. The van der Waals surface area contributed by atoms with Gasteiger partial charge in [0.25, 0.3) is 0 Å². The lowest BCUT2D eigenvalue weighted by Crippen LogP contribution is -2.47. The number of carbonyl (C=O) groups excluding carboxylic acids is 3. The number of rotatable bonds is 10. The Morgan fingerprint density at radius 3 is 1.17 bits per heavy atom. The summed E-state index contributed by atoms with van der Waals surface area (Å²) in [6, 6.07) is 39.6. The fourth-order valence-electron chi connectivity index (χ4n) is 5.67. The van der Waals surface area contributed by atoms with Gasteiger partial charge in [0.1, 0.15) is 5.78 Å². The minimum absolute atomic E-state index is 0.0458. The second-order valence-corrected chi connectivity index (χ2v) is 10.8. The maximum atomic E-state index is 14.3. The summed E-state index contributed by atoms with van der Waals surface area (Å²) in [6.07, 6.45) is 0.806. The minimum atomic E-state index is -0.690. The van der Waals surface area contributed by atoms with Crippen LogP contribution < -0.4 is 0 Å². The maximum absolute atomic E-state index is 14.3. The van der Waals surface area contributed by atoms with Gasteiger partial charge in [-0.05, 0) is 28.7 Å². The van der Waals surface area contributed by atoms with E-state index in [2.05, 4.69) is 0 Å². The third-order valence-corrected chi connectivity index (χ3v) is 7.79. The highest BCUT2D eigenvalue weighted by atomic mass is 16.2. The number of nitrogens with zero attached hydrogens (tertiary/aromatic N) is 2. The number of hydrogen-bond acceptors (Lipinski definition) is 3. The Morgan fingerprint density at radius 1 is 0.512 bits per heavy atom. The third-order valence-electron chi connectivity index (χ3n) is 7.79. The summed E-state index contributed by atoms with van der Waals surface area (Å²) in [4.78, 5) is 45.0. The van der Waals surface area contributed by atoms with Crippen LogP contribution in [0.15, 0.2) is 121 Å². The van der Waals surface area contributed by atoms with E-state index in [9.17, 15) is 14.4 Å². The van der Waals surface area contributed by atoms with Gasteiger partial charge < -0.3 is 9.80 Å². The van der Waals surface area contributed by atoms with Gasteiger partial charge in [-0.1, -0.05) is 121 Å². The van der Waals surface area contributed by atoms with Gasteiger partial charge in [0, 0.05) is 39.0 Å². The lowest BCUT2D eigenvalue weighted by molar-refractivity contribution is -0.151. The number of benzene rings is 4. The monoisotopic (exact) mass is 544 g/mol. The first-order chi connectivity index (χ1) is 20.1. The van der Waals surface area contributed by atoms with Crippen molar-refractivity contribution in [1.29, 1.82) is 0 Å². The van der Waals surface area contributed by atoms with Gasteiger partial charge in [-0.3, -0.25) is 14.4 Å². The molecular weight excluding hydrogens is 508 g/mol. The molecule has 0 saturated heterocycles. The molecule has 0 aliphatic heterocycles. The van der Waals surface area contributed by atoms with Crippen LogP contribution in [-0.4, -0.2) is 27.4 Å². The zero-order chi connectivity index (χ0) is 28.4. The van der Waals surface area contributed by atoms with Gasteiger partial charge in [-0.25, -0.2) is 0 Å². The average molecular weight is 545 g/mol. The van der Waals surface area contributed by atoms with Crippen molar-refractivity contribution in [2.75, 3.05) is 0 Å². The van der Waals surface area contributed by atoms with E-state index >= 15 is 0 Å². The van der Waals surface area contributed by atoms with E-state index in [-0.39, 0.29) is 24.0 Å². The van der Waals surface area contributed by atoms with Crippen LogP contribution in [0.4, 0.5) is 0 Å². The molecule has 5 heteroatoms. The number of carbonyl (C=O) groups is 3. The largest absolute Gasteiger partial charge is 0.334 e. The predicted octanol–water partition coefficient (Wildman–Crippen LogP) is 6.43. The summed E-state index contributed by atoms with van der Waals surface area (Å²) >= 11 is 0. The van der Waals surface area contributed by atoms with Crippen molar-refractivity contribution in [2.45, 2.75) is 45.4 Å². The summed E-state index contributed by atoms with van der Waals surface area (Å²) in [7, 11) is 0. The number of Topliss-reactive ketones (excluding diaryl/α,β-unsaturated/α-hetero) is 1. The number of hydrogen-bond donors (Lipinski definition) is 0. The normalized spacial score (nSPS) is 16.6. The van der Waals surface area contributed by atoms with Gasteiger partial charge in [0.05, 0.1) is 11.8 Å². The van der Waals surface area contributed by atoms with E-state index < -0.39 is 11.8 Å². The topological polar surface area (TPSA) is 57.7 Å². The molecule has 0 spiro atoms. The molecule has 5 rings (SSSR count). The molecule has 0 aromatic heterocycles. The highest BCUT2D eigenvalue weighted by Gasteiger charge is 2.42. The summed E-state index contributed by atoms with van der Waals surface area (Å²) in [5.41, 5.74) is 4.08. The Kier molecular flexibility index (Phi) is 9.37. The molecule has 4 aromatic rings. The molecule has 208 valence electrons. The fourth-order valence-corrected chi connectivity index (χ4v) is 5.67. The zero-order valence-electron chi connectivity index (χ0n) is 23.3. The van der Waals surface area contributed by atoms with Gasteiger partial charge in [0.2, 0.25) is 11.8 Å². The molecule has 2 amide bonds. The Balaban J connectivity index is 1.43. The van der Waals surface area contributed by atoms with Crippen LogP contribution in [0.1, 0.15) is 41.5 Å². The molecule has 2 atom stereocenters. The second-order valence-electron chi connectivity index (χ2n) is 10.8. The summed E-state index contributed by atoms with van der Waals surface area (Å²) in [6.45, 7) is 1.71. The standard InChI is InChI=1S/C36H36N2O3/c39-32-21-22-33(35(40)37(24-28-13-5-1-6-14-28)25-29-15-7-2-8-16-29)34(23-32)36(41)38(26-30-17-9-3-10-18-30)27-31-19-11-4-12-20-31/h1-20,33-34H,21-27H2/t33-,34-/m1/s1. The van der Waals surface area contributed by atoms with E-state index in [0.717, 1.165) is 22.3 Å². The summed E-state index contributed by atoms with van der Waals surface area (Å²) in [5.74, 6) is -1.40. The van der Waals surface area contributed by atoms with Gasteiger partial charge in [0.15, 0.2) is 0 Å². The van der Waals surface area contributed by atoms with Crippen molar-refractivity contribution in [3.63, 3.8) is 0 Å². The van der Waals surface area contributed by atoms with E-state index in [1.807, 2.05) is 131 Å². The molecule has 5 nitrogen and oxygen atoms in total. The molecule has 1 aliphatic rings. The van der Waals surface area contributed by atoms with Crippen molar-refractivity contribution in [3.05, 3.63) is 144 Å². The van der Waals surface area contributed by atoms with Crippen LogP contribution in [0.3, 0.4) is 0 Å². The molecule has 1 fully saturated rings. The van der Waals surface area contributed by atoms with Crippen molar-refractivity contribution in [1.82, 2.24) is 9.80 Å². The SMILES string of the molecule is O=C1CC[C@@H](C(=O)N(Cc2ccccc2)Cc2ccccc2)[C@H](C(=O)N(Cc2ccccc2)Cc2ccccc2)C1. The fraction of sp³-hybridized carbons (Fsp3) is 0.250. The van der Waals surface area contributed by atoms with Crippen LogP contribution in [0.25, 0.3) is 0 Å². The van der Waals surface area contributed by atoms with E-state index in [0.29, 0.717) is 39.0 Å². The maximum Gasteiger partial charge on any atom is 0.227 e. The van der Waals surface area contributed by atoms with Crippen molar-refractivity contribution in [2.24, 2.45) is 11.8 Å². The van der Waals surface area contributed by atoms with Crippen LogP contribution in [0.2, 0.25) is 0 Å². The molecule has 0 N–H and O–H groups in total. The molecule has 0 unspecified atom stereocenters. The molecule has 1 aliphatic carbocycles. The lowest BCUT2D eigenvalue weighted by Gasteiger charge is -2.36. The summed E-state index contributed by atoms with van der Waals surface area (Å²) < 4.78 is 0. The third kappa shape index (κ3) is 7.57. The molecular formula is C36H36N2O3. The lowest BCUT2D eigenvalue weighted by atomic mass is 9.76. The van der Waals surface area contributed by atoms with E-state index in [4.69, 9.17) is 0 Å². The first kappa shape index (κ1) is 28.0. The zero-order valence-corrected chi connectivity index (χ0v) is 23.3. The van der Waals surface area contributed by atoms with E-state index in [1.54, 1.807) is 0 Å². The first-order valence-electron chi connectivity index (χ1n) is 14.3. The smallest absolute Gasteiger partial charge is 0.227 e. The Bertz CT molecular complexity index is 1340. The van der Waals surface area contributed by atoms with Crippen LogP contribution in [-0.2, 0) is 40.6 Å². The molecule has 0 radical (unpaired) electrons. The van der Waals surface area contributed by atoms with Crippen LogP contribution in [0, 0.1) is 11.8 Å². The molecule has 0 bridgehead atoms. The number of ketones is 1. The molecule has 1 saturated carbocycles. The quantitative estimate of drug-likeness (QED) is 0.231. The Labute approximate surface area is 242 Å². The highest BCUT2D eigenvalue weighted by molar-refractivity contribution is 5.94. The molecule has 4 aromatic carbocycles. The van der Waals surface area contributed by atoms with Crippen molar-refractivity contribution < 1.29 is 14.4 Å².